The minimum absolute atomic E-state index is 0.105. The molecule has 0 radical (unpaired) electrons. The number of Topliss-reactive ketones (excluding diaryl/α,β-unsaturated/α-hetero) is 1. The van der Waals surface area contributed by atoms with Crippen molar-refractivity contribution in [1.29, 1.82) is 0 Å². The minimum Gasteiger partial charge on any atom is -0.324 e. The fourth-order valence-corrected chi connectivity index (χ4v) is 3.48. The Bertz CT molecular complexity index is 989. The fourth-order valence-electron chi connectivity index (χ4n) is 2.45. The highest BCUT2D eigenvalue weighted by Crippen LogP contribution is 2.26. The van der Waals surface area contributed by atoms with Crippen LogP contribution in [0.25, 0.3) is 5.69 Å². The molecule has 0 fully saturated rings. The molecule has 0 saturated carbocycles. The molecular weight excluding hydrogens is 384 g/mol. The highest BCUT2D eigenvalue weighted by molar-refractivity contribution is 8.00. The van der Waals surface area contributed by atoms with Crippen LogP contribution in [0.2, 0.25) is 5.02 Å². The van der Waals surface area contributed by atoms with Crippen LogP contribution < -0.4 is 5.32 Å². The molecule has 2 aromatic carbocycles. The van der Waals surface area contributed by atoms with Crippen LogP contribution in [0, 0.1) is 0 Å². The number of carbonyl (C=O) groups is 2. The maximum absolute atomic E-state index is 12.6. The number of amides is 1. The van der Waals surface area contributed by atoms with E-state index in [0.29, 0.717) is 21.4 Å². The number of aromatic nitrogens is 3. The number of rotatable bonds is 6. The number of hydrogen-bond donors (Lipinski definition) is 1. The summed E-state index contributed by atoms with van der Waals surface area (Å²) in [7, 11) is 0. The first-order valence-electron chi connectivity index (χ1n) is 8.19. The Hall–Kier alpha value is -2.64. The van der Waals surface area contributed by atoms with Gasteiger partial charge in [0, 0.05) is 10.6 Å². The predicted molar refractivity (Wildman–Crippen MR) is 107 cm³/mol. The standard InChI is InChI=1S/C19H17ClN4O2S/c1-12(25)16-8-3-4-9-17(16)22-18(26)13(2)27-19-23-21-11-24(19)15-7-5-6-14(20)10-15/h3-11,13H,1-2H3,(H,22,26). The van der Waals surface area contributed by atoms with Gasteiger partial charge in [-0.2, -0.15) is 0 Å². The molecule has 3 rings (SSSR count). The minimum atomic E-state index is -0.452. The smallest absolute Gasteiger partial charge is 0.237 e. The molecular formula is C19H17ClN4O2S. The third-order valence-electron chi connectivity index (χ3n) is 3.82. The van der Waals surface area contributed by atoms with E-state index in [2.05, 4.69) is 15.5 Å². The summed E-state index contributed by atoms with van der Waals surface area (Å²) in [5, 5.41) is 11.6. The van der Waals surface area contributed by atoms with Crippen molar-refractivity contribution >= 4 is 40.7 Å². The van der Waals surface area contributed by atoms with Crippen molar-refractivity contribution in [3.63, 3.8) is 0 Å². The average Bonchev–Trinajstić information content (AvgIpc) is 3.10. The normalized spacial score (nSPS) is 11.8. The fraction of sp³-hybridized carbons (Fsp3) is 0.158. The summed E-state index contributed by atoms with van der Waals surface area (Å²) in [5.74, 6) is -0.332. The van der Waals surface area contributed by atoms with E-state index in [1.165, 1.54) is 18.7 Å². The second kappa shape index (κ2) is 8.37. The van der Waals surface area contributed by atoms with Crippen LogP contribution in [0.1, 0.15) is 24.2 Å². The topological polar surface area (TPSA) is 76.9 Å². The summed E-state index contributed by atoms with van der Waals surface area (Å²) in [4.78, 5) is 24.3. The van der Waals surface area contributed by atoms with Crippen molar-refractivity contribution in [1.82, 2.24) is 14.8 Å². The molecule has 1 amide bonds. The Morgan fingerprint density at radius 1 is 1.19 bits per heavy atom. The second-order valence-electron chi connectivity index (χ2n) is 5.81. The highest BCUT2D eigenvalue weighted by atomic mass is 35.5. The predicted octanol–water partition coefficient (Wildman–Crippen LogP) is 4.24. The van der Waals surface area contributed by atoms with Crippen molar-refractivity contribution < 1.29 is 9.59 Å². The Morgan fingerprint density at radius 2 is 1.96 bits per heavy atom. The van der Waals surface area contributed by atoms with Gasteiger partial charge in [-0.05, 0) is 44.2 Å². The molecule has 138 valence electrons. The first-order valence-corrected chi connectivity index (χ1v) is 9.45. The summed E-state index contributed by atoms with van der Waals surface area (Å²) in [5.41, 5.74) is 1.79. The third kappa shape index (κ3) is 4.56. The number of nitrogens with zero attached hydrogens (tertiary/aromatic N) is 3. The SMILES string of the molecule is CC(=O)c1ccccc1NC(=O)C(C)Sc1nncn1-c1cccc(Cl)c1. The van der Waals surface area contributed by atoms with E-state index in [0.717, 1.165) is 5.69 Å². The van der Waals surface area contributed by atoms with Crippen LogP contribution >= 0.6 is 23.4 Å². The Balaban J connectivity index is 1.75. The molecule has 8 heteroatoms. The van der Waals surface area contributed by atoms with Gasteiger partial charge in [-0.1, -0.05) is 41.6 Å². The zero-order valence-electron chi connectivity index (χ0n) is 14.7. The maximum atomic E-state index is 12.6. The van der Waals surface area contributed by atoms with Crippen molar-refractivity contribution in [2.75, 3.05) is 5.32 Å². The summed E-state index contributed by atoms with van der Waals surface area (Å²) < 4.78 is 1.77. The molecule has 1 aromatic heterocycles. The molecule has 27 heavy (non-hydrogen) atoms. The molecule has 0 aliphatic heterocycles. The van der Waals surface area contributed by atoms with Gasteiger partial charge in [0.05, 0.1) is 16.6 Å². The van der Waals surface area contributed by atoms with Crippen LogP contribution in [0.15, 0.2) is 60.0 Å². The quantitative estimate of drug-likeness (QED) is 0.494. The van der Waals surface area contributed by atoms with E-state index in [-0.39, 0.29) is 11.7 Å². The van der Waals surface area contributed by atoms with Crippen LogP contribution in [0.3, 0.4) is 0 Å². The number of carbonyl (C=O) groups excluding carboxylic acids is 2. The average molecular weight is 401 g/mol. The molecule has 0 saturated heterocycles. The van der Waals surface area contributed by atoms with Gasteiger partial charge < -0.3 is 5.32 Å². The van der Waals surface area contributed by atoms with Crippen LogP contribution in [-0.4, -0.2) is 31.7 Å². The van der Waals surface area contributed by atoms with Crippen molar-refractivity contribution in [2.45, 2.75) is 24.3 Å². The number of hydrogen-bond acceptors (Lipinski definition) is 5. The molecule has 6 nitrogen and oxygen atoms in total. The van der Waals surface area contributed by atoms with Crippen LogP contribution in [0.4, 0.5) is 5.69 Å². The maximum Gasteiger partial charge on any atom is 0.237 e. The Kier molecular flexibility index (Phi) is 5.93. The molecule has 0 aliphatic carbocycles. The molecule has 1 heterocycles. The van der Waals surface area contributed by atoms with Gasteiger partial charge in [0.25, 0.3) is 0 Å². The van der Waals surface area contributed by atoms with Gasteiger partial charge in [0.2, 0.25) is 5.91 Å². The first kappa shape index (κ1) is 19.1. The number of para-hydroxylation sites is 1. The number of thioether (sulfide) groups is 1. The monoisotopic (exact) mass is 400 g/mol. The lowest BCUT2D eigenvalue weighted by Gasteiger charge is -2.14. The largest absolute Gasteiger partial charge is 0.324 e. The third-order valence-corrected chi connectivity index (χ3v) is 5.11. The Labute approximate surface area is 165 Å². The van der Waals surface area contributed by atoms with E-state index >= 15 is 0 Å². The summed E-state index contributed by atoms with van der Waals surface area (Å²) in [6, 6.07) is 14.2. The molecule has 0 spiro atoms. The van der Waals surface area contributed by atoms with Gasteiger partial charge in [-0.3, -0.25) is 14.2 Å². The first-order chi connectivity index (χ1) is 13.0. The van der Waals surface area contributed by atoms with Gasteiger partial charge in [-0.15, -0.1) is 10.2 Å². The van der Waals surface area contributed by atoms with Gasteiger partial charge in [-0.25, -0.2) is 0 Å². The highest BCUT2D eigenvalue weighted by Gasteiger charge is 2.20. The van der Waals surface area contributed by atoms with E-state index in [1.54, 1.807) is 54.2 Å². The van der Waals surface area contributed by atoms with Crippen LogP contribution in [0.5, 0.6) is 0 Å². The molecule has 0 bridgehead atoms. The van der Waals surface area contributed by atoms with Gasteiger partial charge >= 0.3 is 0 Å². The van der Waals surface area contributed by atoms with Crippen molar-refractivity contribution in [2.24, 2.45) is 0 Å². The summed E-state index contributed by atoms with van der Waals surface area (Å²) >= 11 is 7.32. The summed E-state index contributed by atoms with van der Waals surface area (Å²) in [6.07, 6.45) is 1.57. The van der Waals surface area contributed by atoms with Gasteiger partial charge in [0.1, 0.15) is 6.33 Å². The lowest BCUT2D eigenvalue weighted by Crippen LogP contribution is -2.23. The number of halogens is 1. The molecule has 0 aliphatic rings. The number of nitrogens with one attached hydrogen (secondary N) is 1. The van der Waals surface area contributed by atoms with Gasteiger partial charge in [0.15, 0.2) is 10.9 Å². The number of benzene rings is 2. The zero-order chi connectivity index (χ0) is 19.4. The van der Waals surface area contributed by atoms with E-state index in [9.17, 15) is 9.59 Å². The molecule has 1 atom stereocenters. The lowest BCUT2D eigenvalue weighted by molar-refractivity contribution is -0.115. The zero-order valence-corrected chi connectivity index (χ0v) is 16.3. The molecule has 1 N–H and O–H groups in total. The second-order valence-corrected chi connectivity index (χ2v) is 7.56. The van der Waals surface area contributed by atoms with Crippen molar-refractivity contribution in [3.8, 4) is 5.69 Å². The summed E-state index contributed by atoms with van der Waals surface area (Å²) in [6.45, 7) is 3.24. The number of ketones is 1. The molecule has 1 unspecified atom stereocenters. The van der Waals surface area contributed by atoms with Crippen LogP contribution in [-0.2, 0) is 4.79 Å². The Morgan fingerprint density at radius 3 is 2.70 bits per heavy atom. The number of anilines is 1. The van der Waals surface area contributed by atoms with E-state index in [1.807, 2.05) is 12.1 Å². The van der Waals surface area contributed by atoms with Crippen molar-refractivity contribution in [3.05, 3.63) is 65.4 Å². The van der Waals surface area contributed by atoms with E-state index in [4.69, 9.17) is 11.6 Å². The van der Waals surface area contributed by atoms with E-state index < -0.39 is 5.25 Å². The lowest BCUT2D eigenvalue weighted by atomic mass is 10.1. The molecule has 3 aromatic rings.